The number of nitrogens with zero attached hydrogens (tertiary/aromatic N) is 3. The zero-order valence-electron chi connectivity index (χ0n) is 11.4. The number of primary amides is 1. The van der Waals surface area contributed by atoms with Crippen molar-refractivity contribution in [1.82, 2.24) is 25.4 Å². The summed E-state index contributed by atoms with van der Waals surface area (Å²) in [7, 11) is 0. The minimum atomic E-state index is -0.552. The lowest BCUT2D eigenvalue weighted by atomic mass is 10.2. The number of urea groups is 1. The van der Waals surface area contributed by atoms with Gasteiger partial charge in [-0.2, -0.15) is 5.10 Å². The van der Waals surface area contributed by atoms with Crippen LogP contribution in [0.1, 0.15) is 18.5 Å². The Morgan fingerprint density at radius 3 is 3.19 bits per heavy atom. The zero-order chi connectivity index (χ0) is 14.8. The van der Waals surface area contributed by atoms with Crippen LogP contribution < -0.4 is 11.1 Å². The highest BCUT2D eigenvalue weighted by molar-refractivity contribution is 5.87. The van der Waals surface area contributed by atoms with E-state index >= 15 is 0 Å². The van der Waals surface area contributed by atoms with Gasteiger partial charge >= 0.3 is 6.03 Å². The van der Waals surface area contributed by atoms with Crippen molar-refractivity contribution in [3.8, 4) is 0 Å². The van der Waals surface area contributed by atoms with Crippen molar-refractivity contribution < 1.29 is 9.59 Å². The Labute approximate surface area is 120 Å². The first kappa shape index (κ1) is 13.3. The van der Waals surface area contributed by atoms with Crippen LogP contribution in [0.3, 0.4) is 0 Å². The Balaban J connectivity index is 1.67. The average Bonchev–Trinajstić information content (AvgIpc) is 3.12. The maximum Gasteiger partial charge on any atom is 0.315 e. The van der Waals surface area contributed by atoms with Crippen molar-refractivity contribution in [3.63, 3.8) is 0 Å². The molecule has 3 heterocycles. The number of H-pyrrole nitrogens is 1. The summed E-state index contributed by atoms with van der Waals surface area (Å²) in [6.45, 7) is 0.842. The molecule has 1 fully saturated rings. The van der Waals surface area contributed by atoms with Crippen LogP contribution in [0.5, 0.6) is 0 Å². The summed E-state index contributed by atoms with van der Waals surface area (Å²) in [5.41, 5.74) is 6.67. The molecule has 0 aromatic carbocycles. The van der Waals surface area contributed by atoms with E-state index in [4.69, 9.17) is 5.73 Å². The van der Waals surface area contributed by atoms with E-state index in [9.17, 15) is 9.59 Å². The first-order chi connectivity index (χ1) is 10.2. The standard InChI is InChI=1S/C13H16N6O2/c14-13(21)19-6-2-4-10(19)12(20)16-7-9-8-3-1-5-15-11(8)18-17-9/h1,3,5,10H,2,4,6-7H2,(H2,14,21)(H,16,20)(H,15,17,18)/t10-/m0/s1. The molecule has 1 atom stereocenters. The van der Waals surface area contributed by atoms with Crippen LogP contribution in [0.2, 0.25) is 0 Å². The van der Waals surface area contributed by atoms with Crippen molar-refractivity contribution in [3.05, 3.63) is 24.0 Å². The van der Waals surface area contributed by atoms with Gasteiger partial charge in [0.25, 0.3) is 0 Å². The van der Waals surface area contributed by atoms with Crippen LogP contribution >= 0.6 is 0 Å². The molecule has 0 bridgehead atoms. The highest BCUT2D eigenvalue weighted by Gasteiger charge is 2.32. The molecule has 3 rings (SSSR count). The number of aromatic nitrogens is 3. The zero-order valence-corrected chi connectivity index (χ0v) is 11.4. The normalized spacial score (nSPS) is 18.1. The molecule has 1 aliphatic rings. The van der Waals surface area contributed by atoms with Gasteiger partial charge in [-0.15, -0.1) is 0 Å². The Morgan fingerprint density at radius 1 is 1.52 bits per heavy atom. The minimum Gasteiger partial charge on any atom is -0.351 e. The minimum absolute atomic E-state index is 0.196. The van der Waals surface area contributed by atoms with E-state index in [0.29, 0.717) is 25.2 Å². The fourth-order valence-corrected chi connectivity index (χ4v) is 2.63. The van der Waals surface area contributed by atoms with Gasteiger partial charge in [0.15, 0.2) is 5.65 Å². The molecule has 8 nitrogen and oxygen atoms in total. The second-order valence-electron chi connectivity index (χ2n) is 4.98. The van der Waals surface area contributed by atoms with E-state index in [1.54, 1.807) is 6.20 Å². The van der Waals surface area contributed by atoms with Gasteiger partial charge < -0.3 is 16.0 Å². The molecule has 110 valence electrons. The van der Waals surface area contributed by atoms with Crippen LogP contribution in [-0.4, -0.2) is 44.6 Å². The summed E-state index contributed by atoms with van der Waals surface area (Å²) in [4.78, 5) is 29.0. The topological polar surface area (TPSA) is 117 Å². The lowest BCUT2D eigenvalue weighted by Crippen LogP contribution is -2.47. The third-order valence-corrected chi connectivity index (χ3v) is 3.69. The molecule has 2 aromatic heterocycles. The van der Waals surface area contributed by atoms with Gasteiger partial charge in [0.2, 0.25) is 5.91 Å². The molecule has 0 spiro atoms. The van der Waals surface area contributed by atoms with Gasteiger partial charge in [-0.1, -0.05) is 0 Å². The molecule has 0 aliphatic carbocycles. The van der Waals surface area contributed by atoms with E-state index in [1.165, 1.54) is 4.90 Å². The summed E-state index contributed by atoms with van der Waals surface area (Å²) >= 11 is 0. The smallest absolute Gasteiger partial charge is 0.315 e. The number of nitrogens with two attached hydrogens (primary N) is 1. The second-order valence-corrected chi connectivity index (χ2v) is 4.98. The number of fused-ring (bicyclic) bond motifs is 1. The highest BCUT2D eigenvalue weighted by atomic mass is 16.2. The molecule has 1 aliphatic heterocycles. The maximum absolute atomic E-state index is 12.2. The van der Waals surface area contributed by atoms with Crippen LogP contribution in [0.4, 0.5) is 4.79 Å². The van der Waals surface area contributed by atoms with Crippen molar-refractivity contribution in [2.75, 3.05) is 6.54 Å². The molecule has 4 N–H and O–H groups in total. The third-order valence-electron chi connectivity index (χ3n) is 3.69. The number of aromatic amines is 1. The average molecular weight is 288 g/mol. The number of amides is 3. The van der Waals surface area contributed by atoms with Gasteiger partial charge in [-0.3, -0.25) is 9.89 Å². The number of nitrogens with one attached hydrogen (secondary N) is 2. The molecule has 0 unspecified atom stereocenters. The number of carbonyl (C=O) groups excluding carboxylic acids is 2. The first-order valence-electron chi connectivity index (χ1n) is 6.78. The maximum atomic E-state index is 12.2. The molecular formula is C13H16N6O2. The number of carbonyl (C=O) groups is 2. The molecule has 21 heavy (non-hydrogen) atoms. The molecule has 1 saturated heterocycles. The molecular weight excluding hydrogens is 272 g/mol. The first-order valence-corrected chi connectivity index (χ1v) is 6.78. The quantitative estimate of drug-likeness (QED) is 0.743. The number of pyridine rings is 1. The molecule has 2 aromatic rings. The summed E-state index contributed by atoms with van der Waals surface area (Å²) in [6, 6.07) is 2.67. The number of hydrogen-bond acceptors (Lipinski definition) is 4. The van der Waals surface area contributed by atoms with Gasteiger partial charge in [0, 0.05) is 18.1 Å². The number of rotatable bonds is 3. The van der Waals surface area contributed by atoms with Crippen molar-refractivity contribution in [2.45, 2.75) is 25.4 Å². The Hall–Kier alpha value is -2.64. The summed E-state index contributed by atoms with van der Waals surface area (Å²) in [5, 5.41) is 10.6. The van der Waals surface area contributed by atoms with Crippen LogP contribution in [0.25, 0.3) is 11.0 Å². The summed E-state index contributed by atoms with van der Waals surface area (Å²) < 4.78 is 0. The largest absolute Gasteiger partial charge is 0.351 e. The molecule has 3 amide bonds. The number of hydrogen-bond donors (Lipinski definition) is 3. The Bertz CT molecular complexity index is 682. The number of likely N-dealkylation sites (tertiary alicyclic amines) is 1. The van der Waals surface area contributed by atoms with Crippen molar-refractivity contribution >= 4 is 23.0 Å². The van der Waals surface area contributed by atoms with Crippen LogP contribution in [0, 0.1) is 0 Å². The van der Waals surface area contributed by atoms with E-state index in [2.05, 4.69) is 20.5 Å². The van der Waals surface area contributed by atoms with Crippen molar-refractivity contribution in [2.24, 2.45) is 5.73 Å². The Kier molecular flexibility index (Phi) is 3.43. The van der Waals surface area contributed by atoms with E-state index < -0.39 is 12.1 Å². The second kappa shape index (κ2) is 5.39. The SMILES string of the molecule is NC(=O)N1CCC[C@H]1C(=O)NCc1[nH]nc2ncccc12. The van der Waals surface area contributed by atoms with Crippen molar-refractivity contribution in [1.29, 1.82) is 0 Å². The van der Waals surface area contributed by atoms with Gasteiger partial charge in [0.05, 0.1) is 12.2 Å². The fraction of sp³-hybridized carbons (Fsp3) is 0.385. The van der Waals surface area contributed by atoms with Gasteiger partial charge in [-0.25, -0.2) is 9.78 Å². The third kappa shape index (κ3) is 2.51. The summed E-state index contributed by atoms with van der Waals surface area (Å²) in [5.74, 6) is -0.196. The Morgan fingerprint density at radius 2 is 2.38 bits per heavy atom. The van der Waals surface area contributed by atoms with Gasteiger partial charge in [0.1, 0.15) is 6.04 Å². The van der Waals surface area contributed by atoms with E-state index in [1.807, 2.05) is 12.1 Å². The summed E-state index contributed by atoms with van der Waals surface area (Å²) in [6.07, 6.45) is 3.09. The predicted octanol–water partition coefficient (Wildman–Crippen LogP) is 0.117. The van der Waals surface area contributed by atoms with E-state index in [-0.39, 0.29) is 5.91 Å². The van der Waals surface area contributed by atoms with Crippen LogP contribution in [-0.2, 0) is 11.3 Å². The molecule has 0 saturated carbocycles. The lowest BCUT2D eigenvalue weighted by molar-refractivity contribution is -0.124. The van der Waals surface area contributed by atoms with Crippen LogP contribution in [0.15, 0.2) is 18.3 Å². The fourth-order valence-electron chi connectivity index (χ4n) is 2.63. The lowest BCUT2D eigenvalue weighted by Gasteiger charge is -2.21. The highest BCUT2D eigenvalue weighted by Crippen LogP contribution is 2.17. The predicted molar refractivity (Wildman–Crippen MR) is 75.0 cm³/mol. The van der Waals surface area contributed by atoms with Gasteiger partial charge in [-0.05, 0) is 25.0 Å². The monoisotopic (exact) mass is 288 g/mol. The molecule has 0 radical (unpaired) electrons. The van der Waals surface area contributed by atoms with E-state index in [0.717, 1.165) is 17.5 Å². The molecule has 8 heteroatoms.